The van der Waals surface area contributed by atoms with Gasteiger partial charge in [-0.3, -0.25) is 9.59 Å². The predicted octanol–water partition coefficient (Wildman–Crippen LogP) is 2.55. The van der Waals surface area contributed by atoms with Crippen molar-refractivity contribution in [2.24, 2.45) is 0 Å². The molecule has 26 heavy (non-hydrogen) atoms. The number of nitrogens with one attached hydrogen (secondary N) is 1. The van der Waals surface area contributed by atoms with E-state index in [0.717, 1.165) is 17.0 Å². The van der Waals surface area contributed by atoms with Crippen LogP contribution < -0.4 is 10.9 Å². The zero-order valence-electron chi connectivity index (χ0n) is 15.2. The van der Waals surface area contributed by atoms with Crippen molar-refractivity contribution < 1.29 is 4.79 Å². The van der Waals surface area contributed by atoms with Gasteiger partial charge in [0.15, 0.2) is 5.82 Å². The van der Waals surface area contributed by atoms with Crippen LogP contribution in [0.15, 0.2) is 47.3 Å². The highest BCUT2D eigenvalue weighted by Gasteiger charge is 2.19. The summed E-state index contributed by atoms with van der Waals surface area (Å²) in [6.45, 7) is 7.41. The smallest absolute Gasteiger partial charge is 0.267 e. The van der Waals surface area contributed by atoms with Gasteiger partial charge >= 0.3 is 0 Å². The Morgan fingerprint density at radius 3 is 2.35 bits per heavy atom. The molecule has 1 amide bonds. The third kappa shape index (κ3) is 3.56. The maximum atomic E-state index is 12.5. The molecule has 0 radical (unpaired) electrons. The van der Waals surface area contributed by atoms with Crippen molar-refractivity contribution >= 4 is 11.6 Å². The Morgan fingerprint density at radius 1 is 1.04 bits per heavy atom. The Kier molecular flexibility index (Phi) is 4.71. The molecule has 1 unspecified atom stereocenters. The van der Waals surface area contributed by atoms with E-state index in [9.17, 15) is 9.59 Å². The molecule has 3 aromatic rings. The minimum absolute atomic E-state index is 0.311. The normalized spacial score (nSPS) is 12.0. The van der Waals surface area contributed by atoms with Gasteiger partial charge in [-0.05, 0) is 52.0 Å². The first-order chi connectivity index (χ1) is 12.3. The lowest BCUT2D eigenvalue weighted by molar-refractivity contribution is -0.119. The average molecular weight is 351 g/mol. The number of hydrogen-bond acceptors (Lipinski definition) is 4. The van der Waals surface area contributed by atoms with Crippen molar-refractivity contribution in [3.63, 3.8) is 0 Å². The van der Waals surface area contributed by atoms with Crippen LogP contribution in [0.5, 0.6) is 0 Å². The number of aryl methyl sites for hydroxylation is 3. The summed E-state index contributed by atoms with van der Waals surface area (Å²) < 4.78 is 2.82. The van der Waals surface area contributed by atoms with Crippen LogP contribution in [0, 0.1) is 20.8 Å². The molecule has 0 aliphatic heterocycles. The van der Waals surface area contributed by atoms with Crippen molar-refractivity contribution in [2.45, 2.75) is 33.7 Å². The number of rotatable bonds is 4. The number of nitrogens with zero attached hydrogens (tertiary/aromatic N) is 4. The van der Waals surface area contributed by atoms with Crippen LogP contribution in [0.4, 0.5) is 5.69 Å². The van der Waals surface area contributed by atoms with Gasteiger partial charge in [0.2, 0.25) is 5.91 Å². The molecule has 7 heteroatoms. The van der Waals surface area contributed by atoms with Gasteiger partial charge in [-0.25, -0.2) is 9.36 Å². The van der Waals surface area contributed by atoms with E-state index < -0.39 is 6.04 Å². The molecule has 0 aliphatic rings. The highest BCUT2D eigenvalue weighted by atomic mass is 16.2. The van der Waals surface area contributed by atoms with Gasteiger partial charge in [-0.2, -0.15) is 5.10 Å². The molecular formula is C19H21N5O2. The Hall–Kier alpha value is -3.22. The molecule has 2 heterocycles. The van der Waals surface area contributed by atoms with Gasteiger partial charge in [0.1, 0.15) is 6.04 Å². The lowest BCUT2D eigenvalue weighted by atomic mass is 10.2. The Bertz CT molecular complexity index is 1000. The Labute approximate surface area is 151 Å². The third-order valence-electron chi connectivity index (χ3n) is 4.10. The molecular weight excluding hydrogens is 330 g/mol. The molecule has 0 saturated heterocycles. The second-order valence-electron chi connectivity index (χ2n) is 6.34. The van der Waals surface area contributed by atoms with Gasteiger partial charge in [-0.15, -0.1) is 5.10 Å². The van der Waals surface area contributed by atoms with Crippen LogP contribution >= 0.6 is 0 Å². The number of hydrogen-bond donors (Lipinski definition) is 1. The first kappa shape index (κ1) is 17.6. The summed E-state index contributed by atoms with van der Waals surface area (Å²) in [5.41, 5.74) is 3.19. The van der Waals surface area contributed by atoms with E-state index in [1.54, 1.807) is 17.7 Å². The minimum Gasteiger partial charge on any atom is -0.324 e. The largest absolute Gasteiger partial charge is 0.324 e. The highest BCUT2D eigenvalue weighted by molar-refractivity contribution is 5.93. The second kappa shape index (κ2) is 6.95. The number of benzene rings is 1. The fourth-order valence-corrected chi connectivity index (χ4v) is 2.66. The van der Waals surface area contributed by atoms with Crippen LogP contribution in [0.1, 0.15) is 29.9 Å². The van der Waals surface area contributed by atoms with Crippen molar-refractivity contribution in [1.82, 2.24) is 19.6 Å². The van der Waals surface area contributed by atoms with E-state index in [1.807, 2.05) is 51.1 Å². The number of anilines is 1. The molecule has 134 valence electrons. The van der Waals surface area contributed by atoms with Crippen molar-refractivity contribution in [2.75, 3.05) is 5.32 Å². The van der Waals surface area contributed by atoms with Crippen LogP contribution in [0.2, 0.25) is 0 Å². The van der Waals surface area contributed by atoms with E-state index in [4.69, 9.17) is 0 Å². The summed E-state index contributed by atoms with van der Waals surface area (Å²) in [4.78, 5) is 24.8. The third-order valence-corrected chi connectivity index (χ3v) is 4.10. The first-order valence-electron chi connectivity index (χ1n) is 8.36. The highest BCUT2D eigenvalue weighted by Crippen LogP contribution is 2.13. The molecule has 1 aromatic carbocycles. The topological polar surface area (TPSA) is 81.8 Å². The molecule has 0 spiro atoms. The lowest BCUT2D eigenvalue weighted by Crippen LogP contribution is -2.33. The number of amides is 1. The number of aromatic nitrogens is 4. The Balaban J connectivity index is 1.88. The summed E-state index contributed by atoms with van der Waals surface area (Å²) in [6.07, 6.45) is 0. The van der Waals surface area contributed by atoms with Gasteiger partial charge in [0, 0.05) is 17.4 Å². The monoisotopic (exact) mass is 351 g/mol. The zero-order chi connectivity index (χ0) is 18.8. The quantitative estimate of drug-likeness (QED) is 0.783. The molecule has 3 rings (SSSR count). The van der Waals surface area contributed by atoms with E-state index in [0.29, 0.717) is 11.5 Å². The van der Waals surface area contributed by atoms with Crippen molar-refractivity contribution in [3.8, 4) is 5.82 Å². The molecule has 0 bridgehead atoms. The van der Waals surface area contributed by atoms with Crippen molar-refractivity contribution in [1.29, 1.82) is 0 Å². The number of carbonyl (C=O) groups excluding carboxylic acids is 1. The molecule has 1 N–H and O–H groups in total. The lowest BCUT2D eigenvalue weighted by Gasteiger charge is -2.15. The van der Waals surface area contributed by atoms with E-state index >= 15 is 0 Å². The molecule has 2 aromatic heterocycles. The molecule has 0 aliphatic carbocycles. The van der Waals surface area contributed by atoms with Gasteiger partial charge in [0.25, 0.3) is 5.56 Å². The molecule has 1 atom stereocenters. The first-order valence-corrected chi connectivity index (χ1v) is 8.36. The van der Waals surface area contributed by atoms with E-state index in [-0.39, 0.29) is 11.5 Å². The summed E-state index contributed by atoms with van der Waals surface area (Å²) >= 11 is 0. The van der Waals surface area contributed by atoms with Crippen LogP contribution in [0.25, 0.3) is 5.82 Å². The van der Waals surface area contributed by atoms with E-state index in [1.165, 1.54) is 10.7 Å². The maximum Gasteiger partial charge on any atom is 0.267 e. The second-order valence-corrected chi connectivity index (χ2v) is 6.34. The molecule has 7 nitrogen and oxygen atoms in total. The molecule has 0 fully saturated rings. The molecule has 0 saturated carbocycles. The summed E-state index contributed by atoms with van der Waals surface area (Å²) in [6, 6.07) is 11.6. The Morgan fingerprint density at radius 2 is 1.73 bits per heavy atom. The fourth-order valence-electron chi connectivity index (χ4n) is 2.66. The fraction of sp³-hybridized carbons (Fsp3) is 0.263. The van der Waals surface area contributed by atoms with Gasteiger partial charge < -0.3 is 5.32 Å². The standard InChI is InChI=1S/C19H21N5O2/c1-12-5-7-16(8-6-12)20-19(26)15(4)24-18(25)10-9-17(22-24)23-14(3)11-13(2)21-23/h5-11,15H,1-4H3,(H,20,26). The summed E-state index contributed by atoms with van der Waals surface area (Å²) in [5.74, 6) is 0.180. The van der Waals surface area contributed by atoms with Crippen molar-refractivity contribution in [3.05, 3.63) is 69.8 Å². The van der Waals surface area contributed by atoms with Gasteiger partial charge in [0.05, 0.1) is 5.69 Å². The summed E-state index contributed by atoms with van der Waals surface area (Å²) in [7, 11) is 0. The summed E-state index contributed by atoms with van der Waals surface area (Å²) in [5, 5.41) is 11.5. The van der Waals surface area contributed by atoms with E-state index in [2.05, 4.69) is 15.5 Å². The van der Waals surface area contributed by atoms with Gasteiger partial charge in [-0.1, -0.05) is 17.7 Å². The SMILES string of the molecule is Cc1ccc(NC(=O)C(C)n2nc(-n3nc(C)cc3C)ccc2=O)cc1. The minimum atomic E-state index is -0.763. The average Bonchev–Trinajstić information content (AvgIpc) is 2.95. The van der Waals surface area contributed by atoms with Crippen LogP contribution in [-0.4, -0.2) is 25.5 Å². The predicted molar refractivity (Wildman–Crippen MR) is 99.6 cm³/mol. The van der Waals surface area contributed by atoms with Crippen LogP contribution in [-0.2, 0) is 4.79 Å². The maximum absolute atomic E-state index is 12.5. The zero-order valence-corrected chi connectivity index (χ0v) is 15.2. The van der Waals surface area contributed by atoms with Crippen LogP contribution in [0.3, 0.4) is 0 Å². The number of carbonyl (C=O) groups is 1.